The normalized spacial score (nSPS) is 11.9. The summed E-state index contributed by atoms with van der Waals surface area (Å²) in [6.07, 6.45) is 4.24. The van der Waals surface area contributed by atoms with E-state index >= 15 is 0 Å². The molecule has 1 amide bonds. The van der Waals surface area contributed by atoms with Crippen LogP contribution in [0.2, 0.25) is 0 Å². The van der Waals surface area contributed by atoms with E-state index in [1.165, 1.54) is 17.8 Å². The Labute approximate surface area is 217 Å². The molecule has 0 unspecified atom stereocenters. The molecular weight excluding hydrogens is 497 g/mol. The Morgan fingerprint density at radius 1 is 1.05 bits per heavy atom. The minimum atomic E-state index is -4.55. The quantitative estimate of drug-likeness (QED) is 0.311. The Kier molecular flexibility index (Phi) is 7.49. The van der Waals surface area contributed by atoms with Crippen LogP contribution in [0.3, 0.4) is 0 Å². The standard InChI is InChI=1S/C27H27F3N6O2/c1-26(2,38)25-34-11-19(12-35-25)18-6-7-21(24(37)31-3)23(9-18)33-13-20-15-36(16-22(20)27(28,29)30)14-17-5-4-8-32-10-17/h4-12,15-16,33,38H,13-14H2,1-3H3,(H,31,37). The molecule has 4 rings (SSSR count). The first-order chi connectivity index (χ1) is 18.0. The van der Waals surface area contributed by atoms with Crippen molar-refractivity contribution in [1.29, 1.82) is 0 Å². The van der Waals surface area contributed by atoms with Gasteiger partial charge in [-0.1, -0.05) is 12.1 Å². The van der Waals surface area contributed by atoms with Crippen LogP contribution in [-0.4, -0.2) is 37.6 Å². The van der Waals surface area contributed by atoms with Crippen molar-refractivity contribution in [3.8, 4) is 11.1 Å². The lowest BCUT2D eigenvalue weighted by Crippen LogP contribution is -2.20. The third kappa shape index (κ3) is 6.17. The second kappa shape index (κ2) is 10.6. The van der Waals surface area contributed by atoms with Crippen molar-refractivity contribution in [3.05, 3.63) is 95.6 Å². The Hall–Kier alpha value is -4.25. The van der Waals surface area contributed by atoms with Crippen LogP contribution in [0.1, 0.15) is 46.7 Å². The third-order valence-electron chi connectivity index (χ3n) is 5.85. The van der Waals surface area contributed by atoms with E-state index in [2.05, 4.69) is 25.6 Å². The first-order valence-corrected chi connectivity index (χ1v) is 11.8. The zero-order valence-electron chi connectivity index (χ0n) is 21.0. The molecule has 0 aliphatic heterocycles. The monoisotopic (exact) mass is 524 g/mol. The molecule has 0 spiro atoms. The van der Waals surface area contributed by atoms with Crippen LogP contribution in [0, 0.1) is 0 Å². The summed E-state index contributed by atoms with van der Waals surface area (Å²) in [6, 6.07) is 8.45. The molecule has 198 valence electrons. The zero-order chi connectivity index (χ0) is 27.5. The molecular formula is C27H27F3N6O2. The largest absolute Gasteiger partial charge is 0.418 e. The minimum Gasteiger partial charge on any atom is -0.382 e. The van der Waals surface area contributed by atoms with Gasteiger partial charge in [0.25, 0.3) is 5.91 Å². The fraction of sp³-hybridized carbons (Fsp3) is 0.259. The summed E-state index contributed by atoms with van der Waals surface area (Å²) >= 11 is 0. The second-order valence-electron chi connectivity index (χ2n) is 9.28. The molecule has 3 N–H and O–H groups in total. The molecule has 0 aliphatic carbocycles. The molecule has 0 radical (unpaired) electrons. The van der Waals surface area contributed by atoms with Crippen molar-refractivity contribution in [2.45, 2.75) is 38.7 Å². The predicted molar refractivity (Wildman–Crippen MR) is 136 cm³/mol. The molecule has 38 heavy (non-hydrogen) atoms. The number of hydrogen-bond acceptors (Lipinski definition) is 6. The number of carbonyl (C=O) groups is 1. The van der Waals surface area contributed by atoms with Crippen molar-refractivity contribution < 1.29 is 23.1 Å². The van der Waals surface area contributed by atoms with E-state index in [0.29, 0.717) is 16.8 Å². The first kappa shape index (κ1) is 26.8. The van der Waals surface area contributed by atoms with Gasteiger partial charge in [0.05, 0.1) is 11.1 Å². The fourth-order valence-corrected chi connectivity index (χ4v) is 3.93. The van der Waals surface area contributed by atoms with Gasteiger partial charge in [0.2, 0.25) is 0 Å². The van der Waals surface area contributed by atoms with Crippen LogP contribution in [0.4, 0.5) is 18.9 Å². The van der Waals surface area contributed by atoms with E-state index in [4.69, 9.17) is 0 Å². The smallest absolute Gasteiger partial charge is 0.382 e. The number of amides is 1. The molecule has 0 saturated heterocycles. The zero-order valence-corrected chi connectivity index (χ0v) is 21.0. The molecule has 3 aromatic heterocycles. The molecule has 11 heteroatoms. The van der Waals surface area contributed by atoms with Crippen LogP contribution in [0.25, 0.3) is 11.1 Å². The summed E-state index contributed by atoms with van der Waals surface area (Å²) in [5, 5.41) is 15.7. The topological polar surface area (TPSA) is 105 Å². The third-order valence-corrected chi connectivity index (χ3v) is 5.85. The Morgan fingerprint density at radius 3 is 2.39 bits per heavy atom. The molecule has 0 aliphatic rings. The highest BCUT2D eigenvalue weighted by Gasteiger charge is 2.35. The highest BCUT2D eigenvalue weighted by molar-refractivity contribution is 6.00. The van der Waals surface area contributed by atoms with E-state index in [1.54, 1.807) is 69.0 Å². The molecule has 4 aromatic rings. The molecule has 0 fully saturated rings. The van der Waals surface area contributed by atoms with Crippen molar-refractivity contribution in [2.75, 3.05) is 12.4 Å². The van der Waals surface area contributed by atoms with Gasteiger partial charge in [-0.3, -0.25) is 9.78 Å². The molecule has 0 atom stereocenters. The summed E-state index contributed by atoms with van der Waals surface area (Å²) < 4.78 is 43.0. The maximum Gasteiger partial charge on any atom is 0.418 e. The average molecular weight is 525 g/mol. The maximum atomic E-state index is 13.8. The summed E-state index contributed by atoms with van der Waals surface area (Å²) in [6.45, 7) is 3.20. The number of halogens is 3. The van der Waals surface area contributed by atoms with Crippen LogP contribution in [0.5, 0.6) is 0 Å². The van der Waals surface area contributed by atoms with Gasteiger partial charge in [0, 0.05) is 74.1 Å². The van der Waals surface area contributed by atoms with Gasteiger partial charge < -0.3 is 20.3 Å². The predicted octanol–water partition coefficient (Wildman–Crippen LogP) is 4.61. The summed E-state index contributed by atoms with van der Waals surface area (Å²) in [4.78, 5) is 24.9. The molecule has 3 heterocycles. The molecule has 0 saturated carbocycles. The summed E-state index contributed by atoms with van der Waals surface area (Å²) in [5.41, 5.74) is 0.710. The lowest BCUT2D eigenvalue weighted by Gasteiger charge is -2.16. The number of carbonyl (C=O) groups excluding carboxylic acids is 1. The van der Waals surface area contributed by atoms with E-state index in [0.717, 1.165) is 11.8 Å². The van der Waals surface area contributed by atoms with Gasteiger partial charge in [0.1, 0.15) is 5.60 Å². The van der Waals surface area contributed by atoms with Crippen LogP contribution in [-0.2, 0) is 24.9 Å². The second-order valence-corrected chi connectivity index (χ2v) is 9.28. The van der Waals surface area contributed by atoms with Crippen molar-refractivity contribution in [2.24, 2.45) is 0 Å². The number of rotatable bonds is 8. The van der Waals surface area contributed by atoms with Crippen LogP contribution < -0.4 is 10.6 Å². The molecule has 1 aromatic carbocycles. The van der Waals surface area contributed by atoms with Gasteiger partial charge in [-0.05, 0) is 43.2 Å². The minimum absolute atomic E-state index is 0.0347. The highest BCUT2D eigenvalue weighted by atomic mass is 19.4. The summed E-state index contributed by atoms with van der Waals surface area (Å²) in [7, 11) is 1.48. The number of anilines is 1. The number of aliphatic hydroxyl groups is 1. The number of alkyl halides is 3. The number of benzene rings is 1. The van der Waals surface area contributed by atoms with Gasteiger partial charge in [0.15, 0.2) is 5.82 Å². The van der Waals surface area contributed by atoms with Crippen molar-refractivity contribution in [3.63, 3.8) is 0 Å². The van der Waals surface area contributed by atoms with Crippen LogP contribution in [0.15, 0.2) is 67.5 Å². The maximum absolute atomic E-state index is 13.8. The van der Waals surface area contributed by atoms with Gasteiger partial charge in [-0.2, -0.15) is 13.2 Å². The lowest BCUT2D eigenvalue weighted by atomic mass is 10.0. The Morgan fingerprint density at radius 2 is 1.79 bits per heavy atom. The van der Waals surface area contributed by atoms with Crippen molar-refractivity contribution in [1.82, 2.24) is 24.8 Å². The van der Waals surface area contributed by atoms with Gasteiger partial charge in [-0.15, -0.1) is 0 Å². The fourth-order valence-electron chi connectivity index (χ4n) is 3.93. The summed E-state index contributed by atoms with van der Waals surface area (Å²) in [5.74, 6) is -0.144. The number of nitrogens with one attached hydrogen (secondary N) is 2. The number of aromatic nitrogens is 4. The van der Waals surface area contributed by atoms with Gasteiger partial charge >= 0.3 is 6.18 Å². The van der Waals surface area contributed by atoms with E-state index in [-0.39, 0.29) is 30.0 Å². The van der Waals surface area contributed by atoms with E-state index < -0.39 is 23.2 Å². The highest BCUT2D eigenvalue weighted by Crippen LogP contribution is 2.34. The molecule has 0 bridgehead atoms. The number of pyridine rings is 1. The number of hydrogen-bond donors (Lipinski definition) is 3. The average Bonchev–Trinajstić information content (AvgIpc) is 3.30. The van der Waals surface area contributed by atoms with Crippen LogP contribution >= 0.6 is 0 Å². The Balaban J connectivity index is 1.64. The first-order valence-electron chi connectivity index (χ1n) is 11.8. The number of nitrogens with zero attached hydrogens (tertiary/aromatic N) is 4. The Bertz CT molecular complexity index is 1410. The molecule has 8 nitrogen and oxygen atoms in total. The van der Waals surface area contributed by atoms with Crippen molar-refractivity contribution >= 4 is 11.6 Å². The SMILES string of the molecule is CNC(=O)c1ccc(-c2cnc(C(C)(C)O)nc2)cc1NCc1cn(Cc2cccnc2)cc1C(F)(F)F. The van der Waals surface area contributed by atoms with E-state index in [1.807, 2.05) is 0 Å². The van der Waals surface area contributed by atoms with Gasteiger partial charge in [-0.25, -0.2) is 9.97 Å². The lowest BCUT2D eigenvalue weighted by molar-refractivity contribution is -0.138. The van der Waals surface area contributed by atoms with E-state index in [9.17, 15) is 23.1 Å².